The number of guanidine groups is 1. The van der Waals surface area contributed by atoms with Gasteiger partial charge < -0.3 is 26.3 Å². The number of rotatable bonds is 12. The van der Waals surface area contributed by atoms with E-state index in [1.54, 1.807) is 12.1 Å². The molecule has 0 bridgehead atoms. The maximum absolute atomic E-state index is 13.8. The van der Waals surface area contributed by atoms with E-state index in [1.807, 2.05) is 30.6 Å². The molecular formula is C25H28FN6O3S. The van der Waals surface area contributed by atoms with Crippen LogP contribution in [0.5, 0.6) is 0 Å². The molecule has 9 nitrogen and oxygen atoms in total. The van der Waals surface area contributed by atoms with Crippen molar-refractivity contribution in [2.24, 2.45) is 5.73 Å². The molecule has 6 N–H and O–H groups in total. The van der Waals surface area contributed by atoms with Crippen molar-refractivity contribution in [1.82, 2.24) is 20.5 Å². The number of H-pyrrole nitrogens is 1. The van der Waals surface area contributed by atoms with Gasteiger partial charge in [-0.2, -0.15) is 12.6 Å². The molecule has 1 radical (unpaired) electrons. The summed E-state index contributed by atoms with van der Waals surface area (Å²) in [6.07, 6.45) is 2.53. The summed E-state index contributed by atoms with van der Waals surface area (Å²) in [4.78, 5) is 42.6. The molecule has 0 saturated carbocycles. The first-order valence-corrected chi connectivity index (χ1v) is 12.0. The average Bonchev–Trinajstić information content (AvgIpc) is 3.30. The van der Waals surface area contributed by atoms with Gasteiger partial charge in [-0.05, 0) is 42.7 Å². The average molecular weight is 512 g/mol. The zero-order valence-electron chi connectivity index (χ0n) is 19.5. The highest BCUT2D eigenvalue weighted by Crippen LogP contribution is 2.17. The normalized spacial score (nSPS) is 12.5. The second-order valence-corrected chi connectivity index (χ2v) is 8.56. The molecule has 0 saturated heterocycles. The summed E-state index contributed by atoms with van der Waals surface area (Å²) in [6.45, 7) is 0.256. The highest BCUT2D eigenvalue weighted by Gasteiger charge is 2.31. The van der Waals surface area contributed by atoms with Gasteiger partial charge in [-0.3, -0.25) is 19.8 Å². The van der Waals surface area contributed by atoms with E-state index in [0.717, 1.165) is 10.9 Å². The lowest BCUT2D eigenvalue weighted by molar-refractivity contribution is -0.134. The summed E-state index contributed by atoms with van der Waals surface area (Å²) in [5.74, 6) is -1.76. The number of carbonyl (C=O) groups excluding carboxylic acids is 3. The van der Waals surface area contributed by atoms with E-state index in [4.69, 9.17) is 11.1 Å². The van der Waals surface area contributed by atoms with E-state index >= 15 is 0 Å². The van der Waals surface area contributed by atoms with Crippen molar-refractivity contribution < 1.29 is 18.8 Å². The lowest BCUT2D eigenvalue weighted by Gasteiger charge is -2.31. The molecule has 2 amide bonds. The van der Waals surface area contributed by atoms with Crippen LogP contribution < -0.4 is 16.4 Å². The zero-order chi connectivity index (χ0) is 26.1. The van der Waals surface area contributed by atoms with Crippen molar-refractivity contribution in [3.05, 3.63) is 71.7 Å². The monoisotopic (exact) mass is 511 g/mol. The number of benzene rings is 2. The number of hydrogen-bond acceptors (Lipinski definition) is 5. The maximum atomic E-state index is 13.8. The Morgan fingerprint density at radius 1 is 1.19 bits per heavy atom. The number of aromatic nitrogens is 1. The molecule has 0 aliphatic rings. The van der Waals surface area contributed by atoms with Gasteiger partial charge in [0.2, 0.25) is 12.2 Å². The number of hydrogen-bond donors (Lipinski definition) is 6. The number of amides is 2. The number of fused-ring (bicyclic) bond motifs is 1. The van der Waals surface area contributed by atoms with Gasteiger partial charge in [0.05, 0.1) is 6.04 Å². The lowest BCUT2D eigenvalue weighted by Crippen LogP contribution is -2.53. The largest absolute Gasteiger partial charge is 0.370 e. The van der Waals surface area contributed by atoms with Crippen molar-refractivity contribution >= 4 is 47.6 Å². The number of thiol groups is 1. The van der Waals surface area contributed by atoms with Crippen LogP contribution in [0.15, 0.2) is 54.6 Å². The van der Waals surface area contributed by atoms with Crippen LogP contribution in [0.1, 0.15) is 28.9 Å². The SMILES string of the molecule is N=C(N)NCCC[C@@H]([C]=O)N(Cc1cccc(F)c1)C(=O)C(CS)NC(=O)c1cc2ccccc2[nH]1. The Balaban J connectivity index is 1.80. The van der Waals surface area contributed by atoms with Gasteiger partial charge in [-0.25, -0.2) is 4.39 Å². The second-order valence-electron chi connectivity index (χ2n) is 8.19. The standard InChI is InChI=1S/C25H28FN6O3S/c26-18-7-3-5-16(11-18)13-32(19(14-33)8-4-10-29-25(27)28)24(35)22(15-36)31-23(34)21-12-17-6-1-2-9-20(17)30-21/h1-3,5-7,9,11-12,19,22,30,36H,4,8,10,13,15H2,(H,31,34)(H4,27,28,29)/t19-,22?/m0/s1. The Morgan fingerprint density at radius 3 is 2.64 bits per heavy atom. The van der Waals surface area contributed by atoms with Crippen LogP contribution in [0.2, 0.25) is 0 Å². The molecule has 1 heterocycles. The van der Waals surface area contributed by atoms with Gasteiger partial charge in [0.1, 0.15) is 17.6 Å². The molecule has 3 aromatic rings. The minimum atomic E-state index is -1.05. The van der Waals surface area contributed by atoms with Gasteiger partial charge >= 0.3 is 0 Å². The molecule has 0 fully saturated rings. The smallest absolute Gasteiger partial charge is 0.268 e. The minimum absolute atomic E-state index is 0.0259. The fourth-order valence-electron chi connectivity index (χ4n) is 3.79. The molecule has 2 aromatic carbocycles. The molecule has 189 valence electrons. The van der Waals surface area contributed by atoms with Crippen LogP contribution in [0.25, 0.3) is 10.9 Å². The molecule has 1 unspecified atom stereocenters. The van der Waals surface area contributed by atoms with E-state index in [1.165, 1.54) is 23.1 Å². The van der Waals surface area contributed by atoms with Gasteiger partial charge in [-0.1, -0.05) is 30.3 Å². The number of nitrogens with zero attached hydrogens (tertiary/aromatic N) is 1. The number of nitrogens with one attached hydrogen (secondary N) is 4. The van der Waals surface area contributed by atoms with E-state index in [-0.39, 0.29) is 30.4 Å². The van der Waals surface area contributed by atoms with Crippen LogP contribution in [0, 0.1) is 11.2 Å². The molecule has 2 atom stereocenters. The fraction of sp³-hybridized carbons (Fsp3) is 0.280. The Hall–Kier alpha value is -3.86. The first-order valence-electron chi connectivity index (χ1n) is 11.3. The third kappa shape index (κ3) is 7.08. The fourth-order valence-corrected chi connectivity index (χ4v) is 4.04. The Labute approximate surface area is 213 Å². The lowest BCUT2D eigenvalue weighted by atomic mass is 10.1. The number of aromatic amines is 1. The van der Waals surface area contributed by atoms with Crippen molar-refractivity contribution in [1.29, 1.82) is 5.41 Å². The summed E-state index contributed by atoms with van der Waals surface area (Å²) in [6, 6.07) is 12.8. The van der Waals surface area contributed by atoms with Gasteiger partial charge in [0.15, 0.2) is 5.96 Å². The number of carbonyl (C=O) groups is 2. The Bertz CT molecular complexity index is 1200. The third-order valence-electron chi connectivity index (χ3n) is 5.57. The van der Waals surface area contributed by atoms with Crippen LogP contribution in [0.3, 0.4) is 0 Å². The highest BCUT2D eigenvalue weighted by molar-refractivity contribution is 7.80. The summed E-state index contributed by atoms with van der Waals surface area (Å²) < 4.78 is 13.8. The van der Waals surface area contributed by atoms with E-state index in [2.05, 4.69) is 28.2 Å². The first-order chi connectivity index (χ1) is 17.3. The molecular weight excluding hydrogens is 483 g/mol. The third-order valence-corrected chi connectivity index (χ3v) is 5.93. The molecule has 36 heavy (non-hydrogen) atoms. The van der Waals surface area contributed by atoms with Crippen LogP contribution >= 0.6 is 12.6 Å². The molecule has 1 aromatic heterocycles. The summed E-state index contributed by atoms with van der Waals surface area (Å²) in [5, 5.41) is 13.4. The van der Waals surface area contributed by atoms with Gasteiger partial charge in [-0.15, -0.1) is 0 Å². The van der Waals surface area contributed by atoms with Crippen molar-refractivity contribution in [2.45, 2.75) is 31.5 Å². The Kier molecular flexibility index (Phi) is 9.46. The predicted molar refractivity (Wildman–Crippen MR) is 139 cm³/mol. The van der Waals surface area contributed by atoms with Crippen molar-refractivity contribution in [2.75, 3.05) is 12.3 Å². The molecule has 11 heteroatoms. The van der Waals surface area contributed by atoms with Crippen molar-refractivity contribution in [3.8, 4) is 0 Å². The Morgan fingerprint density at radius 2 is 1.97 bits per heavy atom. The predicted octanol–water partition coefficient (Wildman–Crippen LogP) is 2.11. The molecule has 0 aliphatic heterocycles. The summed E-state index contributed by atoms with van der Waals surface area (Å²) in [7, 11) is 0. The molecule has 0 aliphatic carbocycles. The second kappa shape index (κ2) is 12.7. The van der Waals surface area contributed by atoms with Crippen molar-refractivity contribution in [3.63, 3.8) is 0 Å². The zero-order valence-corrected chi connectivity index (χ0v) is 20.4. The number of nitrogens with two attached hydrogens (primary N) is 1. The topological polar surface area (TPSA) is 144 Å². The van der Waals surface area contributed by atoms with E-state index in [9.17, 15) is 18.8 Å². The molecule has 0 spiro atoms. The van der Waals surface area contributed by atoms with Crippen LogP contribution in [0.4, 0.5) is 4.39 Å². The van der Waals surface area contributed by atoms with Crippen LogP contribution in [-0.4, -0.2) is 58.3 Å². The first kappa shape index (κ1) is 26.7. The maximum Gasteiger partial charge on any atom is 0.268 e. The molecule has 3 rings (SSSR count). The minimum Gasteiger partial charge on any atom is -0.370 e. The number of halogens is 1. The van der Waals surface area contributed by atoms with Crippen LogP contribution in [-0.2, 0) is 16.1 Å². The van der Waals surface area contributed by atoms with Gasteiger partial charge in [0, 0.05) is 29.7 Å². The van der Waals surface area contributed by atoms with E-state index in [0.29, 0.717) is 18.5 Å². The van der Waals surface area contributed by atoms with Gasteiger partial charge in [0.25, 0.3) is 5.91 Å². The summed E-state index contributed by atoms with van der Waals surface area (Å²) >= 11 is 4.26. The van der Waals surface area contributed by atoms with E-state index < -0.39 is 29.7 Å². The summed E-state index contributed by atoms with van der Waals surface area (Å²) in [5.41, 5.74) is 6.82. The number of para-hydroxylation sites is 1. The highest BCUT2D eigenvalue weighted by atomic mass is 32.1. The quantitative estimate of drug-likeness (QED) is 0.0955.